The van der Waals surface area contributed by atoms with E-state index in [1.165, 1.54) is 13.0 Å². The molecule has 0 atom stereocenters. The molecular formula is C18H18ClN5O4S. The van der Waals surface area contributed by atoms with Crippen LogP contribution in [0.3, 0.4) is 0 Å². The number of pyridine rings is 1. The highest BCUT2D eigenvalue weighted by Crippen LogP contribution is 2.29. The number of nitro benzene ring substituents is 1. The highest BCUT2D eigenvalue weighted by Gasteiger charge is 2.22. The number of aryl methyl sites for hydroxylation is 2. The Bertz CT molecular complexity index is 1190. The third-order valence-electron chi connectivity index (χ3n) is 4.30. The first kappa shape index (κ1) is 20.9. The smallest absolute Gasteiger partial charge is 0.258 e. The van der Waals surface area contributed by atoms with Crippen LogP contribution < -0.4 is 4.72 Å². The van der Waals surface area contributed by atoms with Crippen molar-refractivity contribution in [3.63, 3.8) is 0 Å². The van der Waals surface area contributed by atoms with Crippen molar-refractivity contribution in [3.8, 4) is 5.82 Å². The van der Waals surface area contributed by atoms with E-state index in [9.17, 15) is 18.5 Å². The summed E-state index contributed by atoms with van der Waals surface area (Å²) in [5.41, 5.74) is 2.27. The van der Waals surface area contributed by atoms with Gasteiger partial charge in [-0.05, 0) is 44.5 Å². The van der Waals surface area contributed by atoms with Gasteiger partial charge in [0.2, 0.25) is 10.0 Å². The van der Waals surface area contributed by atoms with E-state index in [1.807, 2.05) is 19.9 Å². The van der Waals surface area contributed by atoms with Crippen molar-refractivity contribution in [1.82, 2.24) is 19.5 Å². The van der Waals surface area contributed by atoms with E-state index >= 15 is 0 Å². The molecule has 29 heavy (non-hydrogen) atoms. The molecule has 0 saturated carbocycles. The molecule has 9 nitrogen and oxygen atoms in total. The highest BCUT2D eigenvalue weighted by molar-refractivity contribution is 7.89. The van der Waals surface area contributed by atoms with Gasteiger partial charge in [-0.2, -0.15) is 5.10 Å². The summed E-state index contributed by atoms with van der Waals surface area (Å²) in [6.07, 6.45) is 1.54. The fourth-order valence-corrected chi connectivity index (χ4v) is 4.10. The lowest BCUT2D eigenvalue weighted by Gasteiger charge is -2.09. The summed E-state index contributed by atoms with van der Waals surface area (Å²) in [6, 6.07) is 7.57. The van der Waals surface area contributed by atoms with E-state index in [0.717, 1.165) is 17.5 Å². The molecule has 3 aromatic rings. The fraction of sp³-hybridized carbons (Fsp3) is 0.222. The average molecular weight is 436 g/mol. The monoisotopic (exact) mass is 435 g/mol. The van der Waals surface area contributed by atoms with Crippen LogP contribution in [0, 0.1) is 30.9 Å². The summed E-state index contributed by atoms with van der Waals surface area (Å²) < 4.78 is 29.2. The Morgan fingerprint density at radius 1 is 1.21 bits per heavy atom. The minimum absolute atomic E-state index is 0.00970. The molecular weight excluding hydrogens is 418 g/mol. The number of halogens is 1. The van der Waals surface area contributed by atoms with Crippen LogP contribution in [0.2, 0.25) is 5.02 Å². The average Bonchev–Trinajstić information content (AvgIpc) is 3.00. The summed E-state index contributed by atoms with van der Waals surface area (Å²) >= 11 is 5.96. The first-order valence-electron chi connectivity index (χ1n) is 8.51. The van der Waals surface area contributed by atoms with E-state index in [2.05, 4.69) is 14.8 Å². The summed E-state index contributed by atoms with van der Waals surface area (Å²) in [6.45, 7) is 5.22. The molecule has 0 bridgehead atoms. The van der Waals surface area contributed by atoms with Crippen LogP contribution in [0.1, 0.15) is 22.5 Å². The lowest BCUT2D eigenvalue weighted by molar-refractivity contribution is -0.385. The van der Waals surface area contributed by atoms with E-state index in [1.54, 1.807) is 23.0 Å². The van der Waals surface area contributed by atoms with Gasteiger partial charge in [0.05, 0.1) is 20.5 Å². The van der Waals surface area contributed by atoms with Crippen molar-refractivity contribution in [1.29, 1.82) is 0 Å². The Morgan fingerprint density at radius 2 is 1.93 bits per heavy atom. The van der Waals surface area contributed by atoms with Crippen LogP contribution in [-0.2, 0) is 16.6 Å². The predicted octanol–water partition coefficient (Wildman–Crippen LogP) is 3.23. The van der Waals surface area contributed by atoms with Crippen molar-refractivity contribution in [2.24, 2.45) is 0 Å². The largest absolute Gasteiger partial charge is 0.275 e. The molecule has 0 aliphatic rings. The van der Waals surface area contributed by atoms with E-state index in [0.29, 0.717) is 11.4 Å². The molecule has 1 N–H and O–H groups in total. The van der Waals surface area contributed by atoms with Gasteiger partial charge in [0.1, 0.15) is 0 Å². The number of aromatic nitrogens is 3. The normalized spacial score (nSPS) is 11.6. The molecule has 0 spiro atoms. The second-order valence-electron chi connectivity index (χ2n) is 6.49. The molecule has 0 unspecified atom stereocenters. The lowest BCUT2D eigenvalue weighted by Crippen LogP contribution is -2.23. The molecule has 0 aliphatic carbocycles. The lowest BCUT2D eigenvalue weighted by atomic mass is 10.2. The van der Waals surface area contributed by atoms with Crippen molar-refractivity contribution >= 4 is 27.3 Å². The summed E-state index contributed by atoms with van der Waals surface area (Å²) in [7, 11) is -4.00. The third kappa shape index (κ3) is 4.44. The number of nitro groups is 1. The Hall–Kier alpha value is -2.82. The summed E-state index contributed by atoms with van der Waals surface area (Å²) in [5.74, 6) is 0.614. The van der Waals surface area contributed by atoms with Crippen LogP contribution in [0.25, 0.3) is 5.82 Å². The molecule has 3 rings (SSSR count). The maximum atomic E-state index is 12.6. The predicted molar refractivity (Wildman–Crippen MR) is 108 cm³/mol. The zero-order valence-electron chi connectivity index (χ0n) is 15.9. The molecule has 2 aromatic heterocycles. The molecule has 11 heteroatoms. The van der Waals surface area contributed by atoms with Crippen LogP contribution in [0.5, 0.6) is 0 Å². The van der Waals surface area contributed by atoms with Crippen molar-refractivity contribution < 1.29 is 13.3 Å². The van der Waals surface area contributed by atoms with Gasteiger partial charge in [-0.25, -0.2) is 22.8 Å². The Kier molecular flexibility index (Phi) is 5.69. The molecule has 2 heterocycles. The van der Waals surface area contributed by atoms with Gasteiger partial charge in [0, 0.05) is 30.1 Å². The Labute approximate surface area is 172 Å². The Balaban J connectivity index is 1.79. The van der Waals surface area contributed by atoms with Crippen LogP contribution >= 0.6 is 11.6 Å². The van der Waals surface area contributed by atoms with Crippen LogP contribution in [0.15, 0.2) is 41.4 Å². The van der Waals surface area contributed by atoms with Crippen molar-refractivity contribution in [3.05, 3.63) is 74.2 Å². The van der Waals surface area contributed by atoms with Gasteiger partial charge >= 0.3 is 0 Å². The van der Waals surface area contributed by atoms with E-state index < -0.39 is 14.9 Å². The molecule has 152 valence electrons. The second kappa shape index (κ2) is 7.90. The maximum absolute atomic E-state index is 12.6. The van der Waals surface area contributed by atoms with Gasteiger partial charge in [-0.15, -0.1) is 0 Å². The second-order valence-corrected chi connectivity index (χ2v) is 8.67. The third-order valence-corrected chi connectivity index (χ3v) is 6.07. The standard InChI is InChI=1S/C18H18ClN5O4S/c1-11-6-12(2)23(22-11)18-5-4-14(9-20-18)10-21-29(27,28)15-7-16(19)13(3)17(8-15)24(25)26/h4-9,21H,10H2,1-3H3. The molecule has 0 radical (unpaired) electrons. The number of hydrogen-bond acceptors (Lipinski definition) is 6. The zero-order chi connectivity index (χ0) is 21.3. The van der Waals surface area contributed by atoms with Crippen LogP contribution in [0.4, 0.5) is 5.69 Å². The number of benzene rings is 1. The van der Waals surface area contributed by atoms with Crippen molar-refractivity contribution in [2.45, 2.75) is 32.2 Å². The number of nitrogens with one attached hydrogen (secondary N) is 1. The first-order valence-corrected chi connectivity index (χ1v) is 10.4. The van der Waals surface area contributed by atoms with Gasteiger partial charge in [-0.1, -0.05) is 17.7 Å². The number of rotatable bonds is 6. The zero-order valence-corrected chi connectivity index (χ0v) is 17.5. The van der Waals surface area contributed by atoms with Crippen LogP contribution in [-0.4, -0.2) is 28.1 Å². The highest BCUT2D eigenvalue weighted by atomic mass is 35.5. The van der Waals surface area contributed by atoms with Gasteiger partial charge in [0.15, 0.2) is 5.82 Å². The molecule has 1 aromatic carbocycles. The Morgan fingerprint density at radius 3 is 2.48 bits per heavy atom. The summed E-state index contributed by atoms with van der Waals surface area (Å²) in [4.78, 5) is 14.5. The fourth-order valence-electron chi connectivity index (χ4n) is 2.75. The minimum Gasteiger partial charge on any atom is -0.258 e. The maximum Gasteiger partial charge on any atom is 0.275 e. The number of hydrogen-bond donors (Lipinski definition) is 1. The van der Waals surface area contributed by atoms with Gasteiger partial charge in [0.25, 0.3) is 5.69 Å². The van der Waals surface area contributed by atoms with E-state index in [-0.39, 0.29) is 27.7 Å². The van der Waals surface area contributed by atoms with E-state index in [4.69, 9.17) is 11.6 Å². The van der Waals surface area contributed by atoms with Gasteiger partial charge in [-0.3, -0.25) is 10.1 Å². The topological polar surface area (TPSA) is 120 Å². The number of sulfonamides is 1. The van der Waals surface area contributed by atoms with Crippen molar-refractivity contribution in [2.75, 3.05) is 0 Å². The van der Waals surface area contributed by atoms with Gasteiger partial charge < -0.3 is 0 Å². The summed E-state index contributed by atoms with van der Waals surface area (Å²) in [5, 5.41) is 15.5. The minimum atomic E-state index is -4.00. The quantitative estimate of drug-likeness (QED) is 0.468. The number of nitrogens with zero attached hydrogens (tertiary/aromatic N) is 4. The molecule has 0 fully saturated rings. The molecule has 0 aliphatic heterocycles. The SMILES string of the molecule is Cc1cc(C)n(-c2ccc(CNS(=O)(=O)c3cc(Cl)c(C)c([N+](=O)[O-])c3)cn2)n1. The molecule has 0 saturated heterocycles. The first-order chi connectivity index (χ1) is 13.6. The molecule has 0 amide bonds.